The van der Waals surface area contributed by atoms with Crippen molar-refractivity contribution >= 4 is 23.8 Å². The van der Waals surface area contributed by atoms with Crippen LogP contribution in [0, 0.1) is 0 Å². The number of carboxylic acids is 2. The molecule has 0 radical (unpaired) electrons. The minimum absolute atomic E-state index is 0. The van der Waals surface area contributed by atoms with Crippen molar-refractivity contribution < 1.29 is 40.3 Å². The predicted octanol–water partition coefficient (Wildman–Crippen LogP) is -1.48. The largest absolute Gasteiger partial charge is 0.481 e. The second kappa shape index (κ2) is 12.4. The summed E-state index contributed by atoms with van der Waals surface area (Å²) in [6.07, 6.45) is -0.438. The van der Waals surface area contributed by atoms with Crippen LogP contribution in [0.5, 0.6) is 0 Å². The summed E-state index contributed by atoms with van der Waals surface area (Å²) < 4.78 is 0. The molecule has 0 aliphatic heterocycles. The fourth-order valence-corrected chi connectivity index (χ4v) is 2.10. The number of carboxylic acid groups (broad SMARTS) is 2. The Bertz CT molecular complexity index is 606. The third-order valence-electron chi connectivity index (χ3n) is 3.24. The Hall–Kier alpha value is -2.98. The molecule has 146 valence electrons. The molecule has 0 saturated heterocycles. The van der Waals surface area contributed by atoms with E-state index in [0.29, 0.717) is 0 Å². The monoisotopic (exact) mass is 372 g/mol. The van der Waals surface area contributed by atoms with Gasteiger partial charge in [0, 0.05) is 19.8 Å². The van der Waals surface area contributed by atoms with E-state index in [0.717, 1.165) is 5.56 Å². The minimum atomic E-state index is -1.33. The maximum atomic E-state index is 12.3. The molecule has 8 N–H and O–H groups in total. The summed E-state index contributed by atoms with van der Waals surface area (Å²) in [7, 11) is 0. The molecule has 0 bridgehead atoms. The lowest BCUT2D eigenvalue weighted by molar-refractivity contribution is -0.143. The van der Waals surface area contributed by atoms with E-state index < -0.39 is 35.8 Å². The molecule has 0 saturated carbocycles. The zero-order valence-corrected chi connectivity index (χ0v) is 14.2. The van der Waals surface area contributed by atoms with E-state index in [9.17, 15) is 19.2 Å². The van der Waals surface area contributed by atoms with Crippen LogP contribution in [-0.4, -0.2) is 57.0 Å². The summed E-state index contributed by atoms with van der Waals surface area (Å²) in [5.41, 5.74) is 0.795. The zero-order valence-electron chi connectivity index (χ0n) is 14.2. The van der Waals surface area contributed by atoms with Gasteiger partial charge in [0.15, 0.2) is 0 Å². The molecule has 0 fully saturated rings. The quantitative estimate of drug-likeness (QED) is 0.407. The van der Waals surface area contributed by atoms with Crippen molar-refractivity contribution in [3.63, 3.8) is 0 Å². The molecule has 26 heavy (non-hydrogen) atoms. The first-order valence-electron chi connectivity index (χ1n) is 7.35. The first-order valence-corrected chi connectivity index (χ1v) is 7.35. The molecule has 10 heteroatoms. The summed E-state index contributed by atoms with van der Waals surface area (Å²) in [4.78, 5) is 45.3. The smallest absolute Gasteiger partial charge is 0.326 e. The van der Waals surface area contributed by atoms with Crippen molar-refractivity contribution in [3.8, 4) is 0 Å². The standard InChI is InChI=1S/C16H20N2O6.2H2O/c1-10(19)17-13(9-11-5-3-2-4-6-11)15(22)18-12(16(23)24)7-8-14(20)21;;/h2-6,12-13H,7-9H2,1H3,(H,17,19)(H,18,22)(H,20,21)(H,23,24);2*1H2/t12-,13-;;/m1../s1. The van der Waals surface area contributed by atoms with Gasteiger partial charge in [0.05, 0.1) is 0 Å². The topological polar surface area (TPSA) is 196 Å². The summed E-state index contributed by atoms with van der Waals surface area (Å²) in [5.74, 6) is -3.58. The second-order valence-electron chi connectivity index (χ2n) is 5.27. The van der Waals surface area contributed by atoms with Gasteiger partial charge in [-0.1, -0.05) is 30.3 Å². The van der Waals surface area contributed by atoms with Crippen LogP contribution in [0.2, 0.25) is 0 Å². The second-order valence-corrected chi connectivity index (χ2v) is 5.27. The number of aliphatic carboxylic acids is 2. The van der Waals surface area contributed by atoms with Crippen LogP contribution < -0.4 is 10.6 Å². The number of carbonyl (C=O) groups excluding carboxylic acids is 2. The molecule has 0 aromatic heterocycles. The molecule has 0 spiro atoms. The van der Waals surface area contributed by atoms with Gasteiger partial charge in [-0.2, -0.15) is 0 Å². The highest BCUT2D eigenvalue weighted by molar-refractivity contribution is 5.90. The number of nitrogens with one attached hydrogen (secondary N) is 2. The molecule has 10 nitrogen and oxygen atoms in total. The van der Waals surface area contributed by atoms with Gasteiger partial charge in [-0.3, -0.25) is 14.4 Å². The Morgan fingerprint density at radius 1 is 0.962 bits per heavy atom. The Balaban J connectivity index is 0. The summed E-state index contributed by atoms with van der Waals surface area (Å²) in [6.45, 7) is 1.25. The first kappa shape index (κ1) is 25.3. The number of benzene rings is 1. The van der Waals surface area contributed by atoms with E-state index in [1.165, 1.54) is 6.92 Å². The molecule has 2 amide bonds. The van der Waals surface area contributed by atoms with Crippen molar-refractivity contribution in [3.05, 3.63) is 35.9 Å². The third-order valence-corrected chi connectivity index (χ3v) is 3.24. The lowest BCUT2D eigenvalue weighted by atomic mass is 10.0. The van der Waals surface area contributed by atoms with E-state index in [2.05, 4.69) is 10.6 Å². The summed E-state index contributed by atoms with van der Waals surface area (Å²) >= 11 is 0. The van der Waals surface area contributed by atoms with Gasteiger partial charge in [0.1, 0.15) is 12.1 Å². The number of carbonyl (C=O) groups is 4. The van der Waals surface area contributed by atoms with Crippen LogP contribution in [0.1, 0.15) is 25.3 Å². The van der Waals surface area contributed by atoms with E-state index >= 15 is 0 Å². The average Bonchev–Trinajstić information content (AvgIpc) is 2.50. The average molecular weight is 372 g/mol. The van der Waals surface area contributed by atoms with Crippen molar-refractivity contribution in [2.24, 2.45) is 0 Å². The van der Waals surface area contributed by atoms with E-state index in [4.69, 9.17) is 10.2 Å². The molecule has 0 aliphatic rings. The van der Waals surface area contributed by atoms with Gasteiger partial charge in [0.25, 0.3) is 0 Å². The van der Waals surface area contributed by atoms with Crippen molar-refractivity contribution in [1.29, 1.82) is 0 Å². The highest BCUT2D eigenvalue weighted by atomic mass is 16.4. The van der Waals surface area contributed by atoms with E-state index in [1.54, 1.807) is 24.3 Å². The molecule has 1 rings (SSSR count). The number of amides is 2. The van der Waals surface area contributed by atoms with Gasteiger partial charge in [-0.25, -0.2) is 4.79 Å². The maximum absolute atomic E-state index is 12.3. The summed E-state index contributed by atoms with van der Waals surface area (Å²) in [6, 6.07) is 6.65. The Morgan fingerprint density at radius 2 is 1.54 bits per heavy atom. The molecular weight excluding hydrogens is 348 g/mol. The molecule has 1 aromatic rings. The van der Waals surface area contributed by atoms with E-state index in [1.807, 2.05) is 6.07 Å². The molecule has 1 aromatic carbocycles. The Labute approximate surface area is 149 Å². The van der Waals surface area contributed by atoms with Crippen LogP contribution in [0.4, 0.5) is 0 Å². The van der Waals surface area contributed by atoms with Crippen LogP contribution in [0.25, 0.3) is 0 Å². The third kappa shape index (κ3) is 9.35. The van der Waals surface area contributed by atoms with Crippen molar-refractivity contribution in [2.75, 3.05) is 0 Å². The highest BCUT2D eigenvalue weighted by Crippen LogP contribution is 2.05. The lowest BCUT2D eigenvalue weighted by Gasteiger charge is -2.21. The van der Waals surface area contributed by atoms with Gasteiger partial charge in [-0.05, 0) is 12.0 Å². The van der Waals surface area contributed by atoms with Crippen LogP contribution in [-0.2, 0) is 25.6 Å². The minimum Gasteiger partial charge on any atom is -0.481 e. The molecular formula is C16H24N2O8. The fourth-order valence-electron chi connectivity index (χ4n) is 2.10. The highest BCUT2D eigenvalue weighted by Gasteiger charge is 2.26. The normalized spacial score (nSPS) is 11.7. The van der Waals surface area contributed by atoms with Crippen LogP contribution >= 0.6 is 0 Å². The van der Waals surface area contributed by atoms with Gasteiger partial charge < -0.3 is 31.8 Å². The van der Waals surface area contributed by atoms with Gasteiger partial charge in [0.2, 0.25) is 11.8 Å². The predicted molar refractivity (Wildman–Crippen MR) is 91.4 cm³/mol. The van der Waals surface area contributed by atoms with Crippen LogP contribution in [0.3, 0.4) is 0 Å². The number of hydrogen-bond acceptors (Lipinski definition) is 4. The molecule has 0 unspecified atom stereocenters. The van der Waals surface area contributed by atoms with Crippen LogP contribution in [0.15, 0.2) is 30.3 Å². The fraction of sp³-hybridized carbons (Fsp3) is 0.375. The first-order chi connectivity index (χ1) is 11.3. The molecule has 2 atom stereocenters. The van der Waals surface area contributed by atoms with Gasteiger partial charge >= 0.3 is 11.9 Å². The van der Waals surface area contributed by atoms with E-state index in [-0.39, 0.29) is 30.2 Å². The SMILES string of the molecule is CC(=O)N[C@H](Cc1ccccc1)C(=O)N[C@H](CCC(=O)O)C(=O)O.O.O. The molecule has 0 heterocycles. The Kier molecular flexibility index (Phi) is 12.0. The number of rotatable bonds is 9. The Morgan fingerprint density at radius 3 is 2.00 bits per heavy atom. The van der Waals surface area contributed by atoms with Gasteiger partial charge in [-0.15, -0.1) is 0 Å². The molecule has 0 aliphatic carbocycles. The number of hydrogen-bond donors (Lipinski definition) is 4. The summed E-state index contributed by atoms with van der Waals surface area (Å²) in [5, 5.41) is 22.5. The zero-order chi connectivity index (χ0) is 18.1. The van der Waals surface area contributed by atoms with Crippen molar-refractivity contribution in [1.82, 2.24) is 10.6 Å². The maximum Gasteiger partial charge on any atom is 0.326 e. The lowest BCUT2D eigenvalue weighted by Crippen LogP contribution is -2.52. The van der Waals surface area contributed by atoms with Crippen molar-refractivity contribution in [2.45, 2.75) is 38.3 Å².